The molecule has 4 heteroatoms. The number of rotatable bonds is 9. The van der Waals surface area contributed by atoms with Gasteiger partial charge in [-0.05, 0) is 45.1 Å². The minimum atomic E-state index is -0.356. The van der Waals surface area contributed by atoms with E-state index < -0.39 is 0 Å². The van der Waals surface area contributed by atoms with Crippen LogP contribution in [0.15, 0.2) is 54.6 Å². The van der Waals surface area contributed by atoms with Crippen molar-refractivity contribution in [2.75, 3.05) is 20.6 Å². The third-order valence-electron chi connectivity index (χ3n) is 4.28. The summed E-state index contributed by atoms with van der Waals surface area (Å²) in [5.74, 6) is -0.738. The number of hydrogen-bond acceptors (Lipinski definition) is 3. The van der Waals surface area contributed by atoms with Crippen LogP contribution >= 0.6 is 0 Å². The summed E-state index contributed by atoms with van der Waals surface area (Å²) in [6, 6.07) is 16.4. The van der Waals surface area contributed by atoms with Gasteiger partial charge in [0.15, 0.2) is 5.78 Å². The maximum atomic E-state index is 12.6. The number of amides is 1. The molecule has 0 unspecified atom stereocenters. The molecule has 4 nitrogen and oxygen atoms in total. The van der Waals surface area contributed by atoms with Gasteiger partial charge in [0.1, 0.15) is 0 Å². The largest absolute Gasteiger partial charge is 0.369 e. The first kappa shape index (κ1) is 18.9. The van der Waals surface area contributed by atoms with Gasteiger partial charge < -0.3 is 10.6 Å². The van der Waals surface area contributed by atoms with E-state index in [0.29, 0.717) is 17.5 Å². The van der Waals surface area contributed by atoms with E-state index in [-0.39, 0.29) is 17.6 Å². The van der Waals surface area contributed by atoms with E-state index in [0.717, 1.165) is 24.9 Å². The first-order valence-electron chi connectivity index (χ1n) is 8.63. The Labute approximate surface area is 149 Å². The fourth-order valence-corrected chi connectivity index (χ4v) is 2.90. The van der Waals surface area contributed by atoms with E-state index in [4.69, 9.17) is 5.73 Å². The molecule has 0 heterocycles. The van der Waals surface area contributed by atoms with Crippen molar-refractivity contribution in [1.82, 2.24) is 4.90 Å². The zero-order valence-electron chi connectivity index (χ0n) is 14.9. The molecule has 0 spiro atoms. The predicted molar refractivity (Wildman–Crippen MR) is 101 cm³/mol. The summed E-state index contributed by atoms with van der Waals surface area (Å²) >= 11 is 0. The summed E-state index contributed by atoms with van der Waals surface area (Å²) < 4.78 is 0. The van der Waals surface area contributed by atoms with Crippen LogP contribution in [0.25, 0.3) is 0 Å². The standard InChI is InChI=1S/C21H26N2O2/c1-23(2)14-7-6-13-19(21(22)25)17-11-8-12-18(15-17)20(24)16-9-4-3-5-10-16/h3-5,8-12,15,19H,6-7,13-14H2,1-2H3,(H2,22,25)/t19-/m1/s1. The van der Waals surface area contributed by atoms with Crippen molar-refractivity contribution in [3.05, 3.63) is 71.3 Å². The second-order valence-electron chi connectivity index (χ2n) is 6.57. The van der Waals surface area contributed by atoms with Crippen LogP contribution in [0.5, 0.6) is 0 Å². The van der Waals surface area contributed by atoms with Gasteiger partial charge >= 0.3 is 0 Å². The Morgan fingerprint density at radius 1 is 0.960 bits per heavy atom. The van der Waals surface area contributed by atoms with Crippen LogP contribution in [0.2, 0.25) is 0 Å². The molecule has 0 fully saturated rings. The molecule has 0 aliphatic carbocycles. The predicted octanol–water partition coefficient (Wildman–Crippen LogP) is 3.22. The van der Waals surface area contributed by atoms with E-state index in [1.807, 2.05) is 44.4 Å². The molecule has 0 aromatic heterocycles. The average Bonchev–Trinajstić information content (AvgIpc) is 2.61. The number of benzene rings is 2. The van der Waals surface area contributed by atoms with Crippen molar-refractivity contribution in [2.45, 2.75) is 25.2 Å². The highest BCUT2D eigenvalue weighted by Crippen LogP contribution is 2.24. The number of nitrogens with zero attached hydrogens (tertiary/aromatic N) is 1. The molecule has 0 aliphatic heterocycles. The minimum Gasteiger partial charge on any atom is -0.369 e. The van der Waals surface area contributed by atoms with Crippen LogP contribution in [-0.2, 0) is 4.79 Å². The van der Waals surface area contributed by atoms with Crippen LogP contribution < -0.4 is 5.73 Å². The molecule has 2 rings (SSSR count). The molecule has 0 radical (unpaired) electrons. The van der Waals surface area contributed by atoms with Crippen LogP contribution in [0.4, 0.5) is 0 Å². The Morgan fingerprint density at radius 3 is 2.28 bits per heavy atom. The van der Waals surface area contributed by atoms with Gasteiger partial charge in [-0.2, -0.15) is 0 Å². The van der Waals surface area contributed by atoms with Crippen LogP contribution in [0.3, 0.4) is 0 Å². The van der Waals surface area contributed by atoms with Crippen molar-refractivity contribution in [1.29, 1.82) is 0 Å². The van der Waals surface area contributed by atoms with Gasteiger partial charge in [-0.1, -0.05) is 55.0 Å². The van der Waals surface area contributed by atoms with Crippen molar-refractivity contribution in [2.24, 2.45) is 5.73 Å². The lowest BCUT2D eigenvalue weighted by Crippen LogP contribution is -2.22. The average molecular weight is 338 g/mol. The molecule has 2 aromatic rings. The fraction of sp³-hybridized carbons (Fsp3) is 0.333. The third-order valence-corrected chi connectivity index (χ3v) is 4.28. The molecule has 2 N–H and O–H groups in total. The molecule has 0 saturated heterocycles. The minimum absolute atomic E-state index is 0.0433. The summed E-state index contributed by atoms with van der Waals surface area (Å²) in [7, 11) is 4.06. The zero-order chi connectivity index (χ0) is 18.2. The van der Waals surface area contributed by atoms with E-state index in [9.17, 15) is 9.59 Å². The van der Waals surface area contributed by atoms with Gasteiger partial charge in [-0.15, -0.1) is 0 Å². The van der Waals surface area contributed by atoms with Crippen LogP contribution in [-0.4, -0.2) is 37.2 Å². The van der Waals surface area contributed by atoms with Crippen molar-refractivity contribution in [3.8, 4) is 0 Å². The lowest BCUT2D eigenvalue weighted by atomic mass is 9.90. The zero-order valence-corrected chi connectivity index (χ0v) is 14.9. The Kier molecular flexibility index (Phi) is 6.90. The highest BCUT2D eigenvalue weighted by molar-refractivity contribution is 6.09. The van der Waals surface area contributed by atoms with Crippen molar-refractivity contribution >= 4 is 11.7 Å². The van der Waals surface area contributed by atoms with Crippen LogP contribution in [0, 0.1) is 0 Å². The van der Waals surface area contributed by atoms with Crippen molar-refractivity contribution in [3.63, 3.8) is 0 Å². The molecule has 0 bridgehead atoms. The molecule has 0 aliphatic rings. The highest BCUT2D eigenvalue weighted by atomic mass is 16.1. The second kappa shape index (κ2) is 9.14. The quantitative estimate of drug-likeness (QED) is 0.564. The Morgan fingerprint density at radius 2 is 1.64 bits per heavy atom. The fourth-order valence-electron chi connectivity index (χ4n) is 2.90. The lowest BCUT2D eigenvalue weighted by molar-refractivity contribution is -0.119. The van der Waals surface area contributed by atoms with Crippen molar-refractivity contribution < 1.29 is 9.59 Å². The number of primary amides is 1. The number of carbonyl (C=O) groups is 2. The molecule has 1 atom stereocenters. The molecule has 1 amide bonds. The molecular formula is C21H26N2O2. The van der Waals surface area contributed by atoms with Gasteiger partial charge in [0, 0.05) is 11.1 Å². The Balaban J connectivity index is 2.14. The van der Waals surface area contributed by atoms with E-state index >= 15 is 0 Å². The van der Waals surface area contributed by atoms with Gasteiger partial charge in [-0.25, -0.2) is 0 Å². The maximum absolute atomic E-state index is 12.6. The molecule has 25 heavy (non-hydrogen) atoms. The van der Waals surface area contributed by atoms with E-state index in [1.165, 1.54) is 0 Å². The molecule has 0 saturated carbocycles. The summed E-state index contributed by atoms with van der Waals surface area (Å²) in [6.07, 6.45) is 2.63. The monoisotopic (exact) mass is 338 g/mol. The first-order valence-corrected chi connectivity index (χ1v) is 8.63. The van der Waals surface area contributed by atoms with Crippen LogP contribution in [0.1, 0.15) is 46.7 Å². The van der Waals surface area contributed by atoms with E-state index in [2.05, 4.69) is 4.90 Å². The topological polar surface area (TPSA) is 63.4 Å². The normalized spacial score (nSPS) is 12.1. The number of nitrogens with two attached hydrogens (primary N) is 1. The highest BCUT2D eigenvalue weighted by Gasteiger charge is 2.19. The van der Waals surface area contributed by atoms with Gasteiger partial charge in [-0.3, -0.25) is 9.59 Å². The summed E-state index contributed by atoms with van der Waals surface area (Å²) in [6.45, 7) is 0.984. The van der Waals surface area contributed by atoms with Gasteiger partial charge in [0.05, 0.1) is 5.92 Å². The summed E-state index contributed by atoms with van der Waals surface area (Å²) in [4.78, 5) is 26.6. The molecule has 132 valence electrons. The SMILES string of the molecule is CN(C)CCCC[C@@H](C(N)=O)c1cccc(C(=O)c2ccccc2)c1. The number of hydrogen-bond donors (Lipinski definition) is 1. The Bertz CT molecular complexity index is 711. The smallest absolute Gasteiger partial charge is 0.224 e. The number of ketones is 1. The lowest BCUT2D eigenvalue weighted by Gasteiger charge is -2.16. The Hall–Kier alpha value is -2.46. The third kappa shape index (κ3) is 5.54. The summed E-state index contributed by atoms with van der Waals surface area (Å²) in [5.41, 5.74) is 7.66. The number of carbonyl (C=O) groups excluding carboxylic acids is 2. The number of unbranched alkanes of at least 4 members (excludes halogenated alkanes) is 1. The summed E-state index contributed by atoms with van der Waals surface area (Å²) in [5, 5.41) is 0. The van der Waals surface area contributed by atoms with Gasteiger partial charge in [0.25, 0.3) is 0 Å². The maximum Gasteiger partial charge on any atom is 0.224 e. The van der Waals surface area contributed by atoms with E-state index in [1.54, 1.807) is 24.3 Å². The first-order chi connectivity index (χ1) is 12.0. The molecule has 2 aromatic carbocycles. The molecular weight excluding hydrogens is 312 g/mol. The van der Waals surface area contributed by atoms with Gasteiger partial charge in [0.2, 0.25) is 5.91 Å². The second-order valence-corrected chi connectivity index (χ2v) is 6.57.